The van der Waals surface area contributed by atoms with Gasteiger partial charge in [-0.25, -0.2) is 9.97 Å². The van der Waals surface area contributed by atoms with Crippen molar-refractivity contribution in [2.24, 2.45) is 10.9 Å². The van der Waals surface area contributed by atoms with Crippen molar-refractivity contribution in [3.05, 3.63) is 59.7 Å². The number of hydrogen-bond acceptors (Lipinski definition) is 5. The van der Waals surface area contributed by atoms with Crippen LogP contribution in [0.2, 0.25) is 0 Å². The maximum atomic E-state index is 8.93. The van der Waals surface area contributed by atoms with Crippen molar-refractivity contribution in [2.45, 2.75) is 19.4 Å². The Morgan fingerprint density at radius 1 is 1.33 bits per heavy atom. The van der Waals surface area contributed by atoms with Gasteiger partial charge in [0.1, 0.15) is 11.7 Å². The number of nitrogens with one attached hydrogen (secondary N) is 1. The number of aromatic nitrogens is 2. The molecule has 21 heavy (non-hydrogen) atoms. The summed E-state index contributed by atoms with van der Waals surface area (Å²) in [5, 5.41) is 15.3. The van der Waals surface area contributed by atoms with E-state index < -0.39 is 0 Å². The average molecular weight is 285 g/mol. The van der Waals surface area contributed by atoms with E-state index in [-0.39, 0.29) is 11.8 Å². The van der Waals surface area contributed by atoms with E-state index in [0.717, 1.165) is 17.1 Å². The Bertz CT molecular complexity index is 600. The van der Waals surface area contributed by atoms with Crippen LogP contribution in [-0.4, -0.2) is 27.6 Å². The number of nitrogens with two attached hydrogens (primary N) is 1. The molecule has 0 aliphatic carbocycles. The van der Waals surface area contributed by atoms with E-state index >= 15 is 0 Å². The van der Waals surface area contributed by atoms with Crippen LogP contribution in [-0.2, 0) is 6.54 Å². The van der Waals surface area contributed by atoms with Gasteiger partial charge >= 0.3 is 0 Å². The summed E-state index contributed by atoms with van der Waals surface area (Å²) < 4.78 is 0. The number of aryl methyl sites for hydroxylation is 1. The molecule has 2 aromatic rings. The van der Waals surface area contributed by atoms with Crippen molar-refractivity contribution in [1.82, 2.24) is 15.3 Å². The van der Waals surface area contributed by atoms with Crippen molar-refractivity contribution in [1.29, 1.82) is 0 Å². The molecule has 6 heteroatoms. The monoisotopic (exact) mass is 285 g/mol. The Morgan fingerprint density at radius 3 is 2.76 bits per heavy atom. The molecule has 0 radical (unpaired) electrons. The van der Waals surface area contributed by atoms with Crippen LogP contribution >= 0.6 is 0 Å². The molecule has 0 bridgehead atoms. The number of benzene rings is 1. The molecule has 0 saturated heterocycles. The van der Waals surface area contributed by atoms with Gasteiger partial charge in [-0.15, -0.1) is 0 Å². The Hall–Kier alpha value is -2.47. The maximum absolute atomic E-state index is 8.93. The SMILES string of the molecule is Cc1nccc(CNCC(C(N)=NO)c2ccccc2)n1. The minimum atomic E-state index is -0.181. The molecule has 1 aromatic heterocycles. The zero-order chi connectivity index (χ0) is 15.1. The van der Waals surface area contributed by atoms with Crippen LogP contribution in [0, 0.1) is 6.92 Å². The van der Waals surface area contributed by atoms with Gasteiger partial charge in [0.25, 0.3) is 0 Å². The van der Waals surface area contributed by atoms with Crippen molar-refractivity contribution in [2.75, 3.05) is 6.54 Å². The highest BCUT2D eigenvalue weighted by Gasteiger charge is 2.16. The molecular weight excluding hydrogens is 266 g/mol. The van der Waals surface area contributed by atoms with Crippen LogP contribution in [0.4, 0.5) is 0 Å². The third kappa shape index (κ3) is 4.25. The Morgan fingerprint density at radius 2 is 2.10 bits per heavy atom. The molecule has 0 fully saturated rings. The first-order chi connectivity index (χ1) is 10.2. The number of rotatable bonds is 6. The van der Waals surface area contributed by atoms with E-state index in [0.29, 0.717) is 13.1 Å². The number of amidine groups is 1. The minimum Gasteiger partial charge on any atom is -0.409 e. The maximum Gasteiger partial charge on any atom is 0.147 e. The van der Waals surface area contributed by atoms with Crippen LogP contribution in [0.3, 0.4) is 0 Å². The highest BCUT2D eigenvalue weighted by atomic mass is 16.4. The van der Waals surface area contributed by atoms with Gasteiger partial charge in [-0.05, 0) is 18.6 Å². The van der Waals surface area contributed by atoms with Gasteiger partial charge in [0.15, 0.2) is 0 Å². The lowest BCUT2D eigenvalue weighted by molar-refractivity contribution is 0.315. The van der Waals surface area contributed by atoms with Gasteiger partial charge < -0.3 is 16.3 Å². The summed E-state index contributed by atoms with van der Waals surface area (Å²) >= 11 is 0. The van der Waals surface area contributed by atoms with E-state index in [9.17, 15) is 0 Å². The van der Waals surface area contributed by atoms with Gasteiger partial charge in [0, 0.05) is 19.3 Å². The lowest BCUT2D eigenvalue weighted by Gasteiger charge is -2.16. The van der Waals surface area contributed by atoms with E-state index in [1.807, 2.05) is 43.3 Å². The molecule has 0 aliphatic heterocycles. The average Bonchev–Trinajstić information content (AvgIpc) is 2.52. The first-order valence-corrected chi connectivity index (χ1v) is 6.72. The van der Waals surface area contributed by atoms with E-state index in [2.05, 4.69) is 20.4 Å². The molecule has 1 atom stereocenters. The van der Waals surface area contributed by atoms with Crippen LogP contribution in [0.1, 0.15) is 23.0 Å². The van der Waals surface area contributed by atoms with Crippen molar-refractivity contribution < 1.29 is 5.21 Å². The number of hydrogen-bond donors (Lipinski definition) is 3. The second kappa shape index (κ2) is 7.35. The third-order valence-corrected chi connectivity index (χ3v) is 3.16. The Balaban J connectivity index is 2.00. The molecular formula is C15H19N5O. The van der Waals surface area contributed by atoms with Crippen LogP contribution in [0.25, 0.3) is 0 Å². The zero-order valence-electron chi connectivity index (χ0n) is 11.9. The number of nitrogens with zero attached hydrogens (tertiary/aromatic N) is 3. The van der Waals surface area contributed by atoms with Gasteiger partial charge in [0.05, 0.1) is 11.6 Å². The smallest absolute Gasteiger partial charge is 0.147 e. The van der Waals surface area contributed by atoms with Crippen molar-refractivity contribution in [3.8, 4) is 0 Å². The molecule has 0 amide bonds. The summed E-state index contributed by atoms with van der Waals surface area (Å²) in [5.41, 5.74) is 7.70. The molecule has 1 unspecified atom stereocenters. The fraction of sp³-hybridized carbons (Fsp3) is 0.267. The summed E-state index contributed by atoms with van der Waals surface area (Å²) in [4.78, 5) is 8.38. The third-order valence-electron chi connectivity index (χ3n) is 3.16. The predicted octanol–water partition coefficient (Wildman–Crippen LogP) is 1.40. The predicted molar refractivity (Wildman–Crippen MR) is 81.1 cm³/mol. The standard InChI is InChI=1S/C15H19N5O/c1-11-18-8-7-13(19-11)9-17-10-14(15(16)20-21)12-5-3-2-4-6-12/h2-8,14,17,21H,9-10H2,1H3,(H2,16,20). The summed E-state index contributed by atoms with van der Waals surface area (Å²) in [5.74, 6) is 0.747. The van der Waals surface area contributed by atoms with Crippen molar-refractivity contribution in [3.63, 3.8) is 0 Å². The minimum absolute atomic E-state index is 0.181. The normalized spacial score (nSPS) is 13.1. The second-order valence-corrected chi connectivity index (χ2v) is 4.71. The lowest BCUT2D eigenvalue weighted by Crippen LogP contribution is -2.31. The largest absolute Gasteiger partial charge is 0.409 e. The van der Waals surface area contributed by atoms with Gasteiger partial charge in [-0.3, -0.25) is 0 Å². The molecule has 0 saturated carbocycles. The summed E-state index contributed by atoms with van der Waals surface area (Å²) in [6, 6.07) is 11.6. The lowest BCUT2D eigenvalue weighted by atomic mass is 9.98. The Kier molecular flexibility index (Phi) is 5.22. The van der Waals surface area contributed by atoms with Gasteiger partial charge in [-0.1, -0.05) is 35.5 Å². The molecule has 6 nitrogen and oxygen atoms in total. The quantitative estimate of drug-likeness (QED) is 0.323. The fourth-order valence-corrected chi connectivity index (χ4v) is 2.10. The van der Waals surface area contributed by atoms with Gasteiger partial charge in [-0.2, -0.15) is 0 Å². The molecule has 4 N–H and O–H groups in total. The topological polar surface area (TPSA) is 96.4 Å². The van der Waals surface area contributed by atoms with Gasteiger partial charge in [0.2, 0.25) is 0 Å². The summed E-state index contributed by atoms with van der Waals surface area (Å²) in [6.07, 6.45) is 1.73. The molecule has 0 spiro atoms. The molecule has 2 rings (SSSR count). The fourth-order valence-electron chi connectivity index (χ4n) is 2.10. The van der Waals surface area contributed by atoms with Crippen LogP contribution < -0.4 is 11.1 Å². The summed E-state index contributed by atoms with van der Waals surface area (Å²) in [6.45, 7) is 3.01. The summed E-state index contributed by atoms with van der Waals surface area (Å²) in [7, 11) is 0. The first kappa shape index (κ1) is 14.9. The van der Waals surface area contributed by atoms with E-state index in [1.165, 1.54) is 0 Å². The zero-order valence-corrected chi connectivity index (χ0v) is 11.9. The Labute approximate surface area is 123 Å². The molecule has 110 valence electrons. The molecule has 0 aliphatic rings. The highest BCUT2D eigenvalue weighted by molar-refractivity contribution is 5.87. The number of oxime groups is 1. The van der Waals surface area contributed by atoms with Crippen molar-refractivity contribution >= 4 is 5.84 Å². The van der Waals surface area contributed by atoms with E-state index in [1.54, 1.807) is 6.20 Å². The van der Waals surface area contributed by atoms with Crippen LogP contribution in [0.5, 0.6) is 0 Å². The first-order valence-electron chi connectivity index (χ1n) is 6.72. The second-order valence-electron chi connectivity index (χ2n) is 4.71. The van der Waals surface area contributed by atoms with E-state index in [4.69, 9.17) is 10.9 Å². The molecule has 1 heterocycles. The molecule has 1 aromatic carbocycles. The van der Waals surface area contributed by atoms with Crippen LogP contribution in [0.15, 0.2) is 47.8 Å². The highest BCUT2D eigenvalue weighted by Crippen LogP contribution is 2.15.